The highest BCUT2D eigenvalue weighted by Gasteiger charge is 2.07. The van der Waals surface area contributed by atoms with Crippen molar-refractivity contribution in [3.05, 3.63) is 48.5 Å². The fourth-order valence-corrected chi connectivity index (χ4v) is 2.07. The van der Waals surface area contributed by atoms with Crippen molar-refractivity contribution in [2.75, 3.05) is 17.9 Å². The number of hydrazine groups is 1. The predicted octanol–water partition coefficient (Wildman–Crippen LogP) is 2.67. The van der Waals surface area contributed by atoms with Gasteiger partial charge < -0.3 is 10.1 Å². The van der Waals surface area contributed by atoms with Gasteiger partial charge in [0.25, 0.3) is 0 Å². The molecule has 3 rings (SSSR count). The van der Waals surface area contributed by atoms with E-state index in [-0.39, 0.29) is 0 Å². The number of para-hydroxylation sites is 1. The largest absolute Gasteiger partial charge is 0.497 e. The molecule has 0 aliphatic heterocycles. The quantitative estimate of drug-likeness (QED) is 0.503. The molecule has 0 saturated carbocycles. The zero-order valence-corrected chi connectivity index (χ0v) is 11.5. The van der Waals surface area contributed by atoms with Crippen molar-refractivity contribution in [3.8, 4) is 5.75 Å². The molecule has 0 radical (unpaired) electrons. The van der Waals surface area contributed by atoms with E-state index >= 15 is 0 Å². The second kappa shape index (κ2) is 5.64. The molecule has 6 heteroatoms. The van der Waals surface area contributed by atoms with Crippen LogP contribution in [0.2, 0.25) is 0 Å². The number of benzene rings is 2. The Kier molecular flexibility index (Phi) is 3.53. The molecule has 0 aliphatic rings. The number of methoxy groups -OCH3 is 1. The third-order valence-electron chi connectivity index (χ3n) is 3.06. The molecule has 6 nitrogen and oxygen atoms in total. The Morgan fingerprint density at radius 2 is 1.90 bits per heavy atom. The number of hydrogen-bond donors (Lipinski definition) is 3. The summed E-state index contributed by atoms with van der Waals surface area (Å²) in [7, 11) is 1.63. The number of nitrogens with one attached hydrogen (secondary N) is 2. The molecule has 0 bridgehead atoms. The van der Waals surface area contributed by atoms with Gasteiger partial charge in [0.05, 0.1) is 12.6 Å². The fraction of sp³-hybridized carbons (Fsp3) is 0.0667. The van der Waals surface area contributed by atoms with Crippen LogP contribution >= 0.6 is 0 Å². The van der Waals surface area contributed by atoms with Crippen molar-refractivity contribution in [2.45, 2.75) is 0 Å². The van der Waals surface area contributed by atoms with E-state index in [4.69, 9.17) is 10.6 Å². The predicted molar refractivity (Wildman–Crippen MR) is 83.6 cm³/mol. The molecule has 1 heterocycles. The van der Waals surface area contributed by atoms with Crippen LogP contribution in [0, 0.1) is 0 Å². The molecule has 0 spiro atoms. The summed E-state index contributed by atoms with van der Waals surface area (Å²) in [6.07, 6.45) is 0. The number of fused-ring (bicyclic) bond motifs is 1. The third-order valence-corrected chi connectivity index (χ3v) is 3.06. The van der Waals surface area contributed by atoms with Gasteiger partial charge in [-0.3, -0.25) is 5.43 Å². The number of rotatable bonds is 4. The standard InChI is InChI=1S/C15H15N5O/c1-21-11-6-4-5-10(9-11)17-14-12-7-2-3-8-13(12)18-15(19-14)20-16/h2-9H,16H2,1H3,(H2,17,18,19,20). The molecule has 2 aromatic carbocycles. The van der Waals surface area contributed by atoms with E-state index in [0.717, 1.165) is 22.3 Å². The molecule has 0 saturated heterocycles. The van der Waals surface area contributed by atoms with Gasteiger partial charge >= 0.3 is 0 Å². The first kappa shape index (κ1) is 13.1. The van der Waals surface area contributed by atoms with Crippen LogP contribution < -0.4 is 21.3 Å². The highest BCUT2D eigenvalue weighted by atomic mass is 16.5. The summed E-state index contributed by atoms with van der Waals surface area (Å²) in [6.45, 7) is 0. The lowest BCUT2D eigenvalue weighted by molar-refractivity contribution is 0.415. The average molecular weight is 281 g/mol. The van der Waals surface area contributed by atoms with Gasteiger partial charge in [0.2, 0.25) is 5.95 Å². The van der Waals surface area contributed by atoms with Gasteiger partial charge in [-0.15, -0.1) is 0 Å². The summed E-state index contributed by atoms with van der Waals surface area (Å²) in [6, 6.07) is 15.4. The molecule has 3 aromatic rings. The lowest BCUT2D eigenvalue weighted by Crippen LogP contribution is -2.11. The van der Waals surface area contributed by atoms with Crippen molar-refractivity contribution in [2.24, 2.45) is 5.84 Å². The molecule has 21 heavy (non-hydrogen) atoms. The number of anilines is 3. The number of hydrogen-bond acceptors (Lipinski definition) is 6. The van der Waals surface area contributed by atoms with Gasteiger partial charge in [0, 0.05) is 17.1 Å². The summed E-state index contributed by atoms with van der Waals surface area (Å²) in [5.74, 6) is 7.24. The Morgan fingerprint density at radius 1 is 1.05 bits per heavy atom. The van der Waals surface area contributed by atoms with E-state index in [1.165, 1.54) is 0 Å². The minimum absolute atomic E-state index is 0.360. The van der Waals surface area contributed by atoms with Crippen LogP contribution in [-0.2, 0) is 0 Å². The average Bonchev–Trinajstić information content (AvgIpc) is 2.55. The van der Waals surface area contributed by atoms with Gasteiger partial charge in [-0.2, -0.15) is 4.98 Å². The van der Waals surface area contributed by atoms with Crippen molar-refractivity contribution >= 4 is 28.4 Å². The second-order valence-corrected chi connectivity index (χ2v) is 4.41. The fourth-order valence-electron chi connectivity index (χ4n) is 2.07. The van der Waals surface area contributed by atoms with Crippen LogP contribution in [0.4, 0.5) is 17.5 Å². The minimum Gasteiger partial charge on any atom is -0.497 e. The van der Waals surface area contributed by atoms with E-state index < -0.39 is 0 Å². The Labute approximate surface area is 121 Å². The molecule has 0 aliphatic carbocycles. The third kappa shape index (κ3) is 2.70. The summed E-state index contributed by atoms with van der Waals surface area (Å²) in [5, 5.41) is 4.19. The lowest BCUT2D eigenvalue weighted by atomic mass is 10.2. The maximum absolute atomic E-state index is 5.43. The Bertz CT molecular complexity index is 775. The summed E-state index contributed by atoms with van der Waals surface area (Å²) >= 11 is 0. The normalized spacial score (nSPS) is 10.4. The van der Waals surface area contributed by atoms with Gasteiger partial charge in [-0.25, -0.2) is 10.8 Å². The minimum atomic E-state index is 0.360. The van der Waals surface area contributed by atoms with Crippen LogP contribution in [-0.4, -0.2) is 17.1 Å². The first-order valence-corrected chi connectivity index (χ1v) is 6.44. The molecule has 0 atom stereocenters. The molecule has 0 amide bonds. The maximum Gasteiger partial charge on any atom is 0.239 e. The van der Waals surface area contributed by atoms with Crippen molar-refractivity contribution in [1.82, 2.24) is 9.97 Å². The molecular weight excluding hydrogens is 266 g/mol. The highest BCUT2D eigenvalue weighted by molar-refractivity contribution is 5.91. The van der Waals surface area contributed by atoms with Crippen LogP contribution in [0.5, 0.6) is 5.75 Å². The number of ether oxygens (including phenoxy) is 1. The molecule has 106 valence electrons. The smallest absolute Gasteiger partial charge is 0.239 e. The number of nitrogens with two attached hydrogens (primary N) is 1. The first-order chi connectivity index (χ1) is 10.3. The van der Waals surface area contributed by atoms with Gasteiger partial charge in [-0.1, -0.05) is 18.2 Å². The van der Waals surface area contributed by atoms with Crippen LogP contribution in [0.1, 0.15) is 0 Å². The van der Waals surface area contributed by atoms with Crippen LogP contribution in [0.3, 0.4) is 0 Å². The Balaban J connectivity index is 2.06. The second-order valence-electron chi connectivity index (χ2n) is 4.41. The zero-order valence-electron chi connectivity index (χ0n) is 11.5. The molecule has 0 unspecified atom stereocenters. The molecule has 1 aromatic heterocycles. The van der Waals surface area contributed by atoms with Crippen molar-refractivity contribution in [1.29, 1.82) is 0 Å². The summed E-state index contributed by atoms with van der Waals surface area (Å²) in [5.41, 5.74) is 4.17. The van der Waals surface area contributed by atoms with Gasteiger partial charge in [0.15, 0.2) is 0 Å². The van der Waals surface area contributed by atoms with Gasteiger partial charge in [0.1, 0.15) is 11.6 Å². The van der Waals surface area contributed by atoms with Crippen LogP contribution in [0.25, 0.3) is 10.9 Å². The molecule has 0 fully saturated rings. The first-order valence-electron chi connectivity index (χ1n) is 6.44. The lowest BCUT2D eigenvalue weighted by Gasteiger charge is -2.11. The SMILES string of the molecule is COc1cccc(Nc2nc(NN)nc3ccccc23)c1. The maximum atomic E-state index is 5.43. The van der Waals surface area contributed by atoms with Crippen molar-refractivity contribution < 1.29 is 4.74 Å². The number of nitrogen functional groups attached to an aromatic ring is 1. The Hall–Kier alpha value is -2.86. The van der Waals surface area contributed by atoms with E-state index in [0.29, 0.717) is 11.8 Å². The zero-order chi connectivity index (χ0) is 14.7. The van der Waals surface area contributed by atoms with Crippen molar-refractivity contribution in [3.63, 3.8) is 0 Å². The highest BCUT2D eigenvalue weighted by Crippen LogP contribution is 2.26. The molecular formula is C15H15N5O. The molecule has 4 N–H and O–H groups in total. The van der Waals surface area contributed by atoms with E-state index in [2.05, 4.69) is 20.7 Å². The summed E-state index contributed by atoms with van der Waals surface area (Å²) < 4.78 is 5.22. The van der Waals surface area contributed by atoms with E-state index in [1.54, 1.807) is 7.11 Å². The van der Waals surface area contributed by atoms with Crippen LogP contribution in [0.15, 0.2) is 48.5 Å². The number of nitrogens with zero attached hydrogens (tertiary/aromatic N) is 2. The Morgan fingerprint density at radius 3 is 2.71 bits per heavy atom. The van der Waals surface area contributed by atoms with E-state index in [9.17, 15) is 0 Å². The van der Waals surface area contributed by atoms with Gasteiger partial charge in [-0.05, 0) is 24.3 Å². The van der Waals surface area contributed by atoms with E-state index in [1.807, 2.05) is 48.5 Å². The topological polar surface area (TPSA) is 85.1 Å². The number of aromatic nitrogens is 2. The summed E-state index contributed by atoms with van der Waals surface area (Å²) in [4.78, 5) is 8.69. The monoisotopic (exact) mass is 281 g/mol.